The van der Waals surface area contributed by atoms with Gasteiger partial charge in [-0.15, -0.1) is 0 Å². The maximum absolute atomic E-state index is 2.44. The summed E-state index contributed by atoms with van der Waals surface area (Å²) in [6.45, 7) is 2.17. The molecule has 0 unspecified atom stereocenters. The monoisotopic (exact) mass is 186 g/mol. The zero-order valence-electron chi connectivity index (χ0n) is 8.92. The molecule has 0 aromatic heterocycles. The molecule has 0 spiro atoms. The number of benzene rings is 1. The van der Waals surface area contributed by atoms with Crippen LogP contribution in [0.2, 0.25) is 0 Å². The van der Waals surface area contributed by atoms with Gasteiger partial charge in [-0.1, -0.05) is 41.5 Å². The standard InChI is InChI=1S/C14H18/c1-12-6-5-9-14(10-12)11-13-7-3-2-4-8-13/h5-7,9-10H,2-4,8,11H2,1H3. The van der Waals surface area contributed by atoms with Crippen LogP contribution in [0.1, 0.15) is 36.8 Å². The van der Waals surface area contributed by atoms with Crippen molar-refractivity contribution < 1.29 is 0 Å². The zero-order valence-corrected chi connectivity index (χ0v) is 8.92. The summed E-state index contributed by atoms with van der Waals surface area (Å²) in [5.74, 6) is 0. The van der Waals surface area contributed by atoms with Crippen LogP contribution in [-0.4, -0.2) is 0 Å². The summed E-state index contributed by atoms with van der Waals surface area (Å²) in [4.78, 5) is 0. The van der Waals surface area contributed by atoms with Gasteiger partial charge in [0.15, 0.2) is 0 Å². The minimum atomic E-state index is 1.17. The summed E-state index contributed by atoms with van der Waals surface area (Å²) in [5, 5.41) is 0. The summed E-state index contributed by atoms with van der Waals surface area (Å²) in [6.07, 6.45) is 8.98. The summed E-state index contributed by atoms with van der Waals surface area (Å²) < 4.78 is 0. The van der Waals surface area contributed by atoms with Crippen LogP contribution in [0, 0.1) is 6.92 Å². The zero-order chi connectivity index (χ0) is 9.80. The highest BCUT2D eigenvalue weighted by molar-refractivity contribution is 5.26. The topological polar surface area (TPSA) is 0 Å². The highest BCUT2D eigenvalue weighted by Crippen LogP contribution is 2.21. The lowest BCUT2D eigenvalue weighted by Crippen LogP contribution is -1.96. The Morgan fingerprint density at radius 1 is 1.21 bits per heavy atom. The number of rotatable bonds is 2. The molecule has 0 radical (unpaired) electrons. The van der Waals surface area contributed by atoms with E-state index in [0.29, 0.717) is 0 Å². The van der Waals surface area contributed by atoms with Gasteiger partial charge in [0.05, 0.1) is 0 Å². The van der Waals surface area contributed by atoms with E-state index in [4.69, 9.17) is 0 Å². The first-order valence-electron chi connectivity index (χ1n) is 5.58. The molecular formula is C14H18. The average molecular weight is 186 g/mol. The lowest BCUT2D eigenvalue weighted by molar-refractivity contribution is 0.688. The first kappa shape index (κ1) is 9.51. The second-order valence-corrected chi connectivity index (χ2v) is 4.27. The molecule has 0 aliphatic heterocycles. The fourth-order valence-corrected chi connectivity index (χ4v) is 2.15. The average Bonchev–Trinajstić information content (AvgIpc) is 2.19. The number of hydrogen-bond acceptors (Lipinski definition) is 0. The number of hydrogen-bond donors (Lipinski definition) is 0. The normalized spacial score (nSPS) is 16.5. The molecule has 1 aliphatic carbocycles. The van der Waals surface area contributed by atoms with Gasteiger partial charge in [-0.25, -0.2) is 0 Å². The molecule has 1 aromatic rings. The summed E-state index contributed by atoms with van der Waals surface area (Å²) in [7, 11) is 0. The van der Waals surface area contributed by atoms with Crippen LogP contribution < -0.4 is 0 Å². The van der Waals surface area contributed by atoms with Crippen LogP contribution in [-0.2, 0) is 6.42 Å². The Bertz CT molecular complexity index is 334. The van der Waals surface area contributed by atoms with Crippen molar-refractivity contribution in [2.45, 2.75) is 39.0 Å². The molecule has 2 rings (SSSR count). The minimum absolute atomic E-state index is 1.17. The summed E-state index contributed by atoms with van der Waals surface area (Å²) in [6, 6.07) is 8.87. The fourth-order valence-electron chi connectivity index (χ4n) is 2.15. The molecule has 0 saturated carbocycles. The molecule has 1 aliphatic rings. The largest absolute Gasteiger partial charge is 0.0850 e. The summed E-state index contributed by atoms with van der Waals surface area (Å²) in [5.41, 5.74) is 4.49. The Labute approximate surface area is 86.7 Å². The number of aryl methyl sites for hydroxylation is 1. The van der Waals surface area contributed by atoms with Crippen LogP contribution in [0.4, 0.5) is 0 Å². The Hall–Kier alpha value is -1.04. The third-order valence-corrected chi connectivity index (χ3v) is 2.90. The van der Waals surface area contributed by atoms with E-state index in [1.807, 2.05) is 0 Å². The number of allylic oxidation sites excluding steroid dienone is 2. The maximum atomic E-state index is 2.44. The molecule has 0 bridgehead atoms. The molecule has 0 N–H and O–H groups in total. The van der Waals surface area contributed by atoms with Crippen molar-refractivity contribution in [3.05, 3.63) is 47.0 Å². The van der Waals surface area contributed by atoms with Crippen molar-refractivity contribution in [2.24, 2.45) is 0 Å². The van der Waals surface area contributed by atoms with Crippen LogP contribution >= 0.6 is 0 Å². The van der Waals surface area contributed by atoms with E-state index in [9.17, 15) is 0 Å². The first-order chi connectivity index (χ1) is 6.84. The summed E-state index contributed by atoms with van der Waals surface area (Å²) >= 11 is 0. The lowest BCUT2D eigenvalue weighted by Gasteiger charge is -2.12. The van der Waals surface area contributed by atoms with Gasteiger partial charge in [0.2, 0.25) is 0 Å². The van der Waals surface area contributed by atoms with E-state index < -0.39 is 0 Å². The molecule has 0 heterocycles. The Kier molecular flexibility index (Phi) is 3.03. The lowest BCUT2D eigenvalue weighted by atomic mass is 9.94. The van der Waals surface area contributed by atoms with E-state index in [1.54, 1.807) is 5.57 Å². The van der Waals surface area contributed by atoms with Gasteiger partial charge in [0.1, 0.15) is 0 Å². The molecule has 0 heteroatoms. The third-order valence-electron chi connectivity index (χ3n) is 2.90. The third kappa shape index (κ3) is 2.47. The van der Waals surface area contributed by atoms with Crippen molar-refractivity contribution in [3.8, 4) is 0 Å². The van der Waals surface area contributed by atoms with E-state index in [2.05, 4.69) is 37.3 Å². The Morgan fingerprint density at radius 2 is 2.14 bits per heavy atom. The van der Waals surface area contributed by atoms with Gasteiger partial charge in [-0.2, -0.15) is 0 Å². The minimum Gasteiger partial charge on any atom is -0.0850 e. The quantitative estimate of drug-likeness (QED) is 0.611. The molecule has 0 saturated heterocycles. The Morgan fingerprint density at radius 3 is 2.86 bits per heavy atom. The molecule has 0 amide bonds. The van der Waals surface area contributed by atoms with Crippen LogP contribution in [0.15, 0.2) is 35.9 Å². The van der Waals surface area contributed by atoms with E-state index >= 15 is 0 Å². The molecule has 0 fully saturated rings. The highest BCUT2D eigenvalue weighted by atomic mass is 14.1. The predicted molar refractivity (Wildman–Crippen MR) is 61.4 cm³/mol. The van der Waals surface area contributed by atoms with Crippen molar-refractivity contribution in [1.29, 1.82) is 0 Å². The first-order valence-corrected chi connectivity index (χ1v) is 5.58. The van der Waals surface area contributed by atoms with Crippen LogP contribution in [0.5, 0.6) is 0 Å². The smallest absolute Gasteiger partial charge is 0.00670 e. The highest BCUT2D eigenvalue weighted by Gasteiger charge is 2.04. The predicted octanol–water partition coefficient (Wildman–Crippen LogP) is 4.04. The molecule has 0 nitrogen and oxygen atoms in total. The molecule has 14 heavy (non-hydrogen) atoms. The van der Waals surface area contributed by atoms with Gasteiger partial charge >= 0.3 is 0 Å². The van der Waals surface area contributed by atoms with Gasteiger partial charge in [0.25, 0.3) is 0 Å². The van der Waals surface area contributed by atoms with Gasteiger partial charge in [-0.05, 0) is 44.6 Å². The second kappa shape index (κ2) is 4.45. The second-order valence-electron chi connectivity index (χ2n) is 4.27. The maximum Gasteiger partial charge on any atom is -0.00670 e. The molecule has 1 aromatic carbocycles. The van der Waals surface area contributed by atoms with Gasteiger partial charge in [0, 0.05) is 0 Å². The van der Waals surface area contributed by atoms with Crippen molar-refractivity contribution in [2.75, 3.05) is 0 Å². The van der Waals surface area contributed by atoms with Crippen molar-refractivity contribution in [3.63, 3.8) is 0 Å². The Balaban J connectivity index is 2.06. The van der Waals surface area contributed by atoms with Crippen molar-refractivity contribution >= 4 is 0 Å². The fraction of sp³-hybridized carbons (Fsp3) is 0.429. The van der Waals surface area contributed by atoms with Crippen LogP contribution in [0.3, 0.4) is 0 Å². The van der Waals surface area contributed by atoms with Gasteiger partial charge < -0.3 is 0 Å². The van der Waals surface area contributed by atoms with Crippen LogP contribution in [0.25, 0.3) is 0 Å². The molecule has 0 atom stereocenters. The van der Waals surface area contributed by atoms with Crippen molar-refractivity contribution in [1.82, 2.24) is 0 Å². The van der Waals surface area contributed by atoms with E-state index in [1.165, 1.54) is 43.2 Å². The molecule has 74 valence electrons. The van der Waals surface area contributed by atoms with E-state index in [0.717, 1.165) is 0 Å². The molecular weight excluding hydrogens is 168 g/mol. The SMILES string of the molecule is Cc1cccc(CC2=CCCCC2)c1. The van der Waals surface area contributed by atoms with Gasteiger partial charge in [-0.3, -0.25) is 0 Å². The van der Waals surface area contributed by atoms with E-state index in [-0.39, 0.29) is 0 Å².